The summed E-state index contributed by atoms with van der Waals surface area (Å²) in [7, 11) is 0. The summed E-state index contributed by atoms with van der Waals surface area (Å²) in [6.45, 7) is 14.8. The summed E-state index contributed by atoms with van der Waals surface area (Å²) in [5.41, 5.74) is 3.77. The second-order valence-electron chi connectivity index (χ2n) is 9.00. The van der Waals surface area contributed by atoms with Gasteiger partial charge in [-0.25, -0.2) is 4.68 Å². The molecule has 0 spiro atoms. The number of benzene rings is 1. The number of halogens is 1. The van der Waals surface area contributed by atoms with Crippen molar-refractivity contribution in [2.45, 2.75) is 45.2 Å². The van der Waals surface area contributed by atoms with E-state index in [1.807, 2.05) is 0 Å². The van der Waals surface area contributed by atoms with Crippen molar-refractivity contribution in [2.24, 2.45) is 0 Å². The summed E-state index contributed by atoms with van der Waals surface area (Å²) < 4.78 is 2.06. The third kappa shape index (κ3) is 4.77. The molecule has 1 atom stereocenters. The quantitative estimate of drug-likeness (QED) is 0.851. The fourth-order valence-corrected chi connectivity index (χ4v) is 4.41. The topological polar surface area (TPSA) is 36.3 Å². The predicted octanol–water partition coefficient (Wildman–Crippen LogP) is 3.07. The lowest BCUT2D eigenvalue weighted by Crippen LogP contribution is -2.49. The van der Waals surface area contributed by atoms with E-state index in [0.29, 0.717) is 6.04 Å². The highest BCUT2D eigenvalue weighted by atomic mass is 35.5. The van der Waals surface area contributed by atoms with E-state index in [-0.39, 0.29) is 17.8 Å². The van der Waals surface area contributed by atoms with E-state index >= 15 is 0 Å². The Morgan fingerprint density at radius 1 is 1.07 bits per heavy atom. The first-order chi connectivity index (χ1) is 13.0. The summed E-state index contributed by atoms with van der Waals surface area (Å²) in [5.74, 6) is 0. The van der Waals surface area contributed by atoms with Crippen LogP contribution < -0.4 is 5.32 Å². The number of para-hydroxylation sites is 1. The van der Waals surface area contributed by atoms with Gasteiger partial charge in [0.1, 0.15) is 0 Å². The van der Waals surface area contributed by atoms with Crippen molar-refractivity contribution < 1.29 is 0 Å². The van der Waals surface area contributed by atoms with Gasteiger partial charge in [0.15, 0.2) is 0 Å². The maximum Gasteiger partial charge on any atom is 0.0727 e. The van der Waals surface area contributed by atoms with E-state index in [2.05, 4.69) is 77.1 Å². The number of aromatic nitrogens is 2. The van der Waals surface area contributed by atoms with Crippen LogP contribution in [0.3, 0.4) is 0 Å². The summed E-state index contributed by atoms with van der Waals surface area (Å²) in [6, 6.07) is 11.2. The predicted molar refractivity (Wildman–Crippen MR) is 118 cm³/mol. The van der Waals surface area contributed by atoms with Gasteiger partial charge in [0, 0.05) is 69.0 Å². The SMILES string of the molecule is CC(C)(C)c1nn(-c2ccccc2)cc1CN1CCC(N2CCNCC2)C1.Cl. The van der Waals surface area contributed by atoms with Gasteiger partial charge in [-0.2, -0.15) is 5.10 Å². The summed E-state index contributed by atoms with van der Waals surface area (Å²) in [5, 5.41) is 8.44. The standard InChI is InChI=1S/C22H33N5.ClH/c1-22(2,3)21-18(16-27(24-21)19-7-5-4-6-8-19)15-25-12-9-20(17-25)26-13-10-23-11-14-26;/h4-8,16,20,23H,9-15,17H2,1-3H3;1H. The van der Waals surface area contributed by atoms with Crippen LogP contribution in [-0.4, -0.2) is 64.9 Å². The van der Waals surface area contributed by atoms with Crippen molar-refractivity contribution in [1.82, 2.24) is 24.9 Å². The lowest BCUT2D eigenvalue weighted by Gasteiger charge is -2.32. The van der Waals surface area contributed by atoms with Crippen LogP contribution >= 0.6 is 12.4 Å². The van der Waals surface area contributed by atoms with E-state index in [4.69, 9.17) is 5.10 Å². The fraction of sp³-hybridized carbons (Fsp3) is 0.591. The monoisotopic (exact) mass is 403 g/mol. The van der Waals surface area contributed by atoms with Gasteiger partial charge in [-0.05, 0) is 18.6 Å². The molecule has 0 aliphatic carbocycles. The molecule has 1 unspecified atom stereocenters. The molecule has 2 saturated heterocycles. The zero-order valence-electron chi connectivity index (χ0n) is 17.4. The van der Waals surface area contributed by atoms with Crippen molar-refractivity contribution in [2.75, 3.05) is 39.3 Å². The first-order valence-electron chi connectivity index (χ1n) is 10.3. The summed E-state index contributed by atoms with van der Waals surface area (Å²) in [4.78, 5) is 5.29. The highest BCUT2D eigenvalue weighted by Crippen LogP contribution is 2.28. The molecule has 154 valence electrons. The van der Waals surface area contributed by atoms with Gasteiger partial charge in [0.2, 0.25) is 0 Å². The molecule has 1 N–H and O–H groups in total. The van der Waals surface area contributed by atoms with Crippen LogP contribution in [-0.2, 0) is 12.0 Å². The van der Waals surface area contributed by atoms with Crippen molar-refractivity contribution in [3.63, 3.8) is 0 Å². The molecule has 0 saturated carbocycles. The molecular formula is C22H34ClN5. The zero-order valence-corrected chi connectivity index (χ0v) is 18.2. The Morgan fingerprint density at radius 2 is 1.79 bits per heavy atom. The Morgan fingerprint density at radius 3 is 2.46 bits per heavy atom. The van der Waals surface area contributed by atoms with Gasteiger partial charge in [0.25, 0.3) is 0 Å². The molecule has 1 aromatic carbocycles. The third-order valence-electron chi connectivity index (χ3n) is 5.83. The lowest BCUT2D eigenvalue weighted by molar-refractivity contribution is 0.170. The van der Waals surface area contributed by atoms with Gasteiger partial charge in [-0.3, -0.25) is 9.80 Å². The minimum absolute atomic E-state index is 0. The smallest absolute Gasteiger partial charge is 0.0727 e. The number of nitrogens with zero attached hydrogens (tertiary/aromatic N) is 4. The first kappa shape index (κ1) is 21.3. The Hall–Kier alpha value is -1.40. The van der Waals surface area contributed by atoms with E-state index < -0.39 is 0 Å². The van der Waals surface area contributed by atoms with Crippen molar-refractivity contribution >= 4 is 12.4 Å². The summed E-state index contributed by atoms with van der Waals surface area (Å²) >= 11 is 0. The molecule has 2 aliphatic rings. The minimum atomic E-state index is 0. The lowest BCUT2D eigenvalue weighted by atomic mass is 9.89. The molecule has 5 nitrogen and oxygen atoms in total. The molecule has 2 fully saturated rings. The van der Waals surface area contributed by atoms with Crippen LogP contribution in [0.5, 0.6) is 0 Å². The Labute approximate surface area is 175 Å². The molecule has 0 amide bonds. The maximum absolute atomic E-state index is 4.97. The Bertz CT molecular complexity index is 746. The van der Waals surface area contributed by atoms with Gasteiger partial charge in [-0.1, -0.05) is 39.0 Å². The molecule has 3 heterocycles. The van der Waals surface area contributed by atoms with Crippen LogP contribution in [0, 0.1) is 0 Å². The molecule has 0 radical (unpaired) electrons. The third-order valence-corrected chi connectivity index (χ3v) is 5.83. The Balaban J connectivity index is 0.00000225. The van der Waals surface area contributed by atoms with E-state index in [0.717, 1.165) is 25.3 Å². The van der Waals surface area contributed by atoms with Crippen LogP contribution in [0.2, 0.25) is 0 Å². The van der Waals surface area contributed by atoms with Crippen LogP contribution in [0.15, 0.2) is 36.5 Å². The average Bonchev–Trinajstić information content (AvgIpc) is 3.31. The molecule has 0 bridgehead atoms. The fourth-order valence-electron chi connectivity index (χ4n) is 4.41. The van der Waals surface area contributed by atoms with Gasteiger partial charge >= 0.3 is 0 Å². The van der Waals surface area contributed by atoms with Gasteiger partial charge < -0.3 is 5.32 Å². The number of hydrogen-bond donors (Lipinski definition) is 1. The molecule has 6 heteroatoms. The average molecular weight is 404 g/mol. The minimum Gasteiger partial charge on any atom is -0.314 e. The van der Waals surface area contributed by atoms with Crippen LogP contribution in [0.25, 0.3) is 5.69 Å². The van der Waals surface area contributed by atoms with Crippen LogP contribution in [0.4, 0.5) is 0 Å². The number of piperazine rings is 1. The molecular weight excluding hydrogens is 370 g/mol. The molecule has 28 heavy (non-hydrogen) atoms. The number of hydrogen-bond acceptors (Lipinski definition) is 4. The molecule has 4 rings (SSSR count). The first-order valence-corrected chi connectivity index (χ1v) is 10.3. The largest absolute Gasteiger partial charge is 0.314 e. The zero-order chi connectivity index (χ0) is 18.9. The van der Waals surface area contributed by atoms with E-state index in [1.165, 1.54) is 43.9 Å². The number of nitrogens with one attached hydrogen (secondary N) is 1. The molecule has 2 aromatic rings. The molecule has 2 aliphatic heterocycles. The highest BCUT2D eigenvalue weighted by molar-refractivity contribution is 5.85. The van der Waals surface area contributed by atoms with Gasteiger partial charge in [0.05, 0.1) is 11.4 Å². The van der Waals surface area contributed by atoms with Crippen molar-refractivity contribution in [1.29, 1.82) is 0 Å². The second-order valence-corrected chi connectivity index (χ2v) is 9.00. The second kappa shape index (κ2) is 8.95. The van der Waals surface area contributed by atoms with Crippen LogP contribution in [0.1, 0.15) is 38.4 Å². The van der Waals surface area contributed by atoms with Crippen molar-refractivity contribution in [3.05, 3.63) is 47.8 Å². The summed E-state index contributed by atoms with van der Waals surface area (Å²) in [6.07, 6.45) is 3.53. The number of likely N-dealkylation sites (tertiary alicyclic amines) is 1. The maximum atomic E-state index is 4.97. The van der Waals surface area contributed by atoms with E-state index in [9.17, 15) is 0 Å². The highest BCUT2D eigenvalue weighted by Gasteiger charge is 2.30. The van der Waals surface area contributed by atoms with E-state index in [1.54, 1.807) is 0 Å². The molecule has 1 aromatic heterocycles. The normalized spacial score (nSPS) is 21.6. The number of rotatable bonds is 4. The van der Waals surface area contributed by atoms with Gasteiger partial charge in [-0.15, -0.1) is 12.4 Å². The van der Waals surface area contributed by atoms with Crippen molar-refractivity contribution in [3.8, 4) is 5.69 Å². The Kier molecular flexibility index (Phi) is 6.81.